The van der Waals surface area contributed by atoms with Crippen LogP contribution < -0.4 is 70.5 Å². The van der Waals surface area contributed by atoms with Crippen molar-refractivity contribution in [1.29, 1.82) is 0 Å². The Hall–Kier alpha value is -13.2. The molecule has 8 aliphatic heterocycles. The molecule has 0 saturated carbocycles. The number of anilines is 12. The van der Waals surface area contributed by atoms with Crippen molar-refractivity contribution in [3.63, 3.8) is 0 Å². The number of aliphatic hydroxyl groups is 3. The van der Waals surface area contributed by atoms with Gasteiger partial charge in [-0.2, -0.15) is 39.5 Å². The van der Waals surface area contributed by atoms with Crippen LogP contribution in [0.4, 0.5) is 141 Å². The van der Waals surface area contributed by atoms with Crippen molar-refractivity contribution in [2.45, 2.75) is 153 Å². The number of fused-ring (bicyclic) bond motifs is 16. The molecule has 0 aromatic carbocycles. The lowest BCUT2D eigenvalue weighted by Gasteiger charge is -2.35. The number of carbonyl (C=O) groups is 8. The van der Waals surface area contributed by atoms with Crippen molar-refractivity contribution in [3.05, 3.63) is 162 Å². The number of nitrogens with zero attached hydrogens (tertiary/aromatic N) is 16. The Bertz CT molecular complexity index is 5270. The number of amides is 9. The number of hydrogen-bond acceptors (Lipinski definition) is 24. The normalized spacial score (nSPS) is 18.0. The molecule has 0 spiro atoms. The summed E-state index contributed by atoms with van der Waals surface area (Å²) in [5.74, 6) is -1.98. The minimum absolute atomic E-state index is 0.0267. The summed E-state index contributed by atoms with van der Waals surface area (Å²) in [5, 5.41) is 39.9. The lowest BCUT2D eigenvalue weighted by atomic mass is 9.89. The number of nitrogens with one attached hydrogen (secondary N) is 5. The molecule has 45 heteroatoms. The van der Waals surface area contributed by atoms with Crippen molar-refractivity contribution in [3.8, 4) is 5.75 Å². The fourth-order valence-corrected chi connectivity index (χ4v) is 15.2. The molecule has 0 radical (unpaired) electrons. The smallest absolute Gasteiger partial charge is 0.414 e. The quantitative estimate of drug-likeness (QED) is 0.0259. The van der Waals surface area contributed by atoms with Crippen molar-refractivity contribution >= 4 is 117 Å². The van der Waals surface area contributed by atoms with Gasteiger partial charge in [0, 0.05) is 83.9 Å². The number of Topliss-reactive ketones (excluding diaryl/α,β-unsaturated/α-hetero) is 3. The number of aliphatic hydroxyl groups excluding tert-OH is 3. The maximum Gasteiger partial charge on any atom is 0.414 e. The van der Waals surface area contributed by atoms with E-state index in [9.17, 15) is 96.1 Å². The SMILES string of the molecule is CC(C)(C)CCC(=O)c1ccc2c(n1)N(C(=O)Nc1ccc(F)cn1)[C@H]1CCN2C1.C[C@@H](NC(=O)c1ccc2c(n1)N(C(=O)Nc1cc(OC[C@H](O)CO)ccn1)[C@H]1CCN2C1)C(F)(F)F.O=C(CCC(F)(F)F)c1ccc2c(n1)N(C(=O)Nc1ccc(F)cn1)[C@H]1CCN2C1.O=C(CC[C@@H](O)C(F)(F)F)c1ccc2c(n1)N(C(=O)Nc1ccc(F)cn1)[C@H]1CCN2C1. The lowest BCUT2D eigenvalue weighted by Crippen LogP contribution is -2.49. The van der Waals surface area contributed by atoms with E-state index in [2.05, 4.69) is 86.8 Å². The summed E-state index contributed by atoms with van der Waals surface area (Å²) < 4.78 is 158. The van der Waals surface area contributed by atoms with Gasteiger partial charge in [0.1, 0.15) is 94.1 Å². The van der Waals surface area contributed by atoms with E-state index in [1.807, 2.05) is 26.1 Å². The summed E-state index contributed by atoms with van der Waals surface area (Å²) in [5.41, 5.74) is 2.63. The van der Waals surface area contributed by atoms with Crippen molar-refractivity contribution in [2.24, 2.45) is 5.41 Å². The maximum atomic E-state index is 13.3. The first kappa shape index (κ1) is 92.5. The van der Waals surface area contributed by atoms with E-state index in [1.54, 1.807) is 29.2 Å². The standard InChI is InChI=1S/C22H25F3N6O5.C22H26FN5O2.C20H19F4N5O3.C19H17F4N5O2/c1-12(22(23,24)25)27-20(34)16-2-3-17-19(28-16)31(13-5-7-30(17)9-13)21(35)29-18-8-15(4-6-26-18)36-11-14(33)10-32;1-22(2,3)10-8-18(29)16-5-6-17-20(25-16)28(15-9-11-27(17)13-15)21(30)26-19-7-4-14(23)12-24-19;21-11-1-6-17(25-9-11)27-19(32)29-12-7-8-28(10-12)14-3-2-13(26-18(14)29)15(30)4-5-16(31)20(22,23)24;20-11-1-4-16(24-9-11)26-18(30)28-12-6-8-27(10-12)14-3-2-13(25-17(14)28)15(29)5-7-19(21,22)23/h2-4,6,8,12-14,32-33H,5,7,9-11H2,1H3,(H,27,34)(H,26,29,35);4-7,12,15H,8-11,13H2,1-3H3,(H,24,26,30);1-3,6,9,12,16,31H,4-5,7-8,10H2,(H,25,27,32);1-4,9,12H,5-8,10H2,(H,24,26,30)/t12-,13+,14-;15-;12-,16+;12-/m1000/s1. The van der Waals surface area contributed by atoms with Gasteiger partial charge in [-0.25, -0.2) is 72.2 Å². The Labute approximate surface area is 722 Å². The summed E-state index contributed by atoms with van der Waals surface area (Å²) in [6.07, 6.45) is -12.5. The van der Waals surface area contributed by atoms with Gasteiger partial charge in [-0.15, -0.1) is 0 Å². The fraction of sp³-hybridized carbons (Fsp3) is 0.422. The summed E-state index contributed by atoms with van der Waals surface area (Å²) >= 11 is 0. The van der Waals surface area contributed by atoms with Crippen LogP contribution in [0, 0.1) is 22.9 Å². The van der Waals surface area contributed by atoms with Crippen LogP contribution in [-0.2, 0) is 0 Å². The van der Waals surface area contributed by atoms with Crippen LogP contribution in [0.15, 0.2) is 122 Å². The van der Waals surface area contributed by atoms with Gasteiger partial charge in [-0.3, -0.25) is 60.0 Å². The van der Waals surface area contributed by atoms with Crippen molar-refractivity contribution in [2.75, 3.05) is 126 Å². The molecule has 16 rings (SSSR count). The fourth-order valence-electron chi connectivity index (χ4n) is 15.2. The number of pyridine rings is 8. The van der Waals surface area contributed by atoms with E-state index in [-0.39, 0.29) is 106 Å². The highest BCUT2D eigenvalue weighted by atomic mass is 19.4. The number of hydrogen-bond donors (Lipinski definition) is 8. The molecular formula is C83H87F12N21O12. The molecule has 8 bridgehead atoms. The van der Waals surface area contributed by atoms with E-state index >= 15 is 0 Å². The molecule has 4 fully saturated rings. The van der Waals surface area contributed by atoms with Crippen LogP contribution in [0.25, 0.3) is 0 Å². The van der Waals surface area contributed by atoms with Gasteiger partial charge in [0.2, 0.25) is 0 Å². The zero-order chi connectivity index (χ0) is 92.0. The topological polar surface area (TPSA) is 396 Å². The zero-order valence-corrected chi connectivity index (χ0v) is 68.9. The third-order valence-corrected chi connectivity index (χ3v) is 21.9. The second kappa shape index (κ2) is 38.6. The van der Waals surface area contributed by atoms with Gasteiger partial charge >= 0.3 is 42.7 Å². The molecule has 680 valence electrons. The van der Waals surface area contributed by atoms with Gasteiger partial charge in [-0.05, 0) is 142 Å². The van der Waals surface area contributed by atoms with Crippen molar-refractivity contribution in [1.82, 2.24) is 45.2 Å². The number of carbonyl (C=O) groups excluding carboxylic acids is 8. The third kappa shape index (κ3) is 22.4. The number of ketones is 3. The first-order valence-electron chi connectivity index (χ1n) is 40.6. The highest BCUT2D eigenvalue weighted by Gasteiger charge is 2.47. The molecular weight excluding hydrogens is 1710 g/mol. The van der Waals surface area contributed by atoms with E-state index in [1.165, 1.54) is 75.5 Å². The zero-order valence-electron chi connectivity index (χ0n) is 68.9. The summed E-state index contributed by atoms with van der Waals surface area (Å²) in [6.45, 7) is 11.7. The number of urea groups is 4. The summed E-state index contributed by atoms with van der Waals surface area (Å²) in [7, 11) is 0. The number of alkyl halides is 9. The Morgan fingerprint density at radius 2 is 0.805 bits per heavy atom. The van der Waals surface area contributed by atoms with E-state index in [4.69, 9.17) is 14.9 Å². The molecule has 9 amide bonds. The Morgan fingerprint density at radius 1 is 0.453 bits per heavy atom. The molecule has 33 nitrogen and oxygen atoms in total. The average Bonchev–Trinajstić information content (AvgIpc) is 1.58. The number of halogens is 12. The molecule has 0 aliphatic carbocycles. The first-order chi connectivity index (χ1) is 60.6. The van der Waals surface area contributed by atoms with Gasteiger partial charge in [0.15, 0.2) is 40.6 Å². The highest BCUT2D eigenvalue weighted by Crippen LogP contribution is 2.45. The Balaban J connectivity index is 0.000000146. The number of rotatable bonds is 20. The molecule has 8 aromatic heterocycles. The molecule has 4 saturated heterocycles. The van der Waals surface area contributed by atoms with Crippen LogP contribution in [0.3, 0.4) is 0 Å². The molecule has 8 N–H and O–H groups in total. The lowest BCUT2D eigenvalue weighted by molar-refractivity contribution is -0.205. The first-order valence-corrected chi connectivity index (χ1v) is 40.6. The monoisotopic (exact) mass is 1800 g/mol. The number of aromatic nitrogens is 8. The van der Waals surface area contributed by atoms with Gasteiger partial charge in [0.25, 0.3) is 5.91 Å². The summed E-state index contributed by atoms with van der Waals surface area (Å²) in [6, 6.07) is 18.1. The maximum absolute atomic E-state index is 13.3. The van der Waals surface area contributed by atoms with Crippen LogP contribution in [0.2, 0.25) is 0 Å². The van der Waals surface area contributed by atoms with Gasteiger partial charge in [-0.1, -0.05) is 20.8 Å². The second-order valence-electron chi connectivity index (χ2n) is 32.3. The van der Waals surface area contributed by atoms with Gasteiger partial charge < -0.3 is 45.0 Å². The molecule has 0 unspecified atom stereocenters. The highest BCUT2D eigenvalue weighted by molar-refractivity contribution is 6.09. The minimum atomic E-state index is -4.81. The molecule has 8 aromatic rings. The van der Waals surface area contributed by atoms with E-state index in [0.717, 1.165) is 69.3 Å². The minimum Gasteiger partial charge on any atom is -0.491 e. The molecule has 16 heterocycles. The van der Waals surface area contributed by atoms with Gasteiger partial charge in [0.05, 0.1) is 78.5 Å². The largest absolute Gasteiger partial charge is 0.491 e. The Morgan fingerprint density at radius 3 is 1.14 bits per heavy atom. The van der Waals surface area contributed by atoms with Crippen LogP contribution in [0.5, 0.6) is 5.75 Å². The second-order valence-corrected chi connectivity index (χ2v) is 32.3. The summed E-state index contributed by atoms with van der Waals surface area (Å²) in [4.78, 5) is 149. The van der Waals surface area contributed by atoms with Crippen LogP contribution in [0.1, 0.15) is 134 Å². The van der Waals surface area contributed by atoms with Crippen LogP contribution in [-0.4, -0.2) is 229 Å². The van der Waals surface area contributed by atoms with Crippen LogP contribution >= 0.6 is 0 Å². The third-order valence-electron chi connectivity index (χ3n) is 21.9. The van der Waals surface area contributed by atoms with E-state index < -0.39 is 122 Å². The van der Waals surface area contributed by atoms with E-state index in [0.29, 0.717) is 99.3 Å². The average molecular weight is 1800 g/mol. The van der Waals surface area contributed by atoms with Crippen molar-refractivity contribution < 1.29 is 111 Å². The molecule has 128 heavy (non-hydrogen) atoms. The Kier molecular flexibility index (Phi) is 27.9. The molecule has 7 atom stereocenters. The number of ether oxygens (including phenoxy) is 1. The predicted octanol–water partition coefficient (Wildman–Crippen LogP) is 12.7. The molecule has 8 aliphatic rings. The predicted molar refractivity (Wildman–Crippen MR) is 442 cm³/mol.